The maximum atomic E-state index is 4.84. The van der Waals surface area contributed by atoms with Crippen LogP contribution in [0.25, 0.3) is 0 Å². The molecule has 19 heavy (non-hydrogen) atoms. The van der Waals surface area contributed by atoms with E-state index in [9.17, 15) is 0 Å². The summed E-state index contributed by atoms with van der Waals surface area (Å²) in [4.78, 5) is 0. The lowest BCUT2D eigenvalue weighted by atomic mass is 10.0. The second-order valence-corrected chi connectivity index (χ2v) is 5.78. The fourth-order valence-electron chi connectivity index (χ4n) is 2.68. The summed E-state index contributed by atoms with van der Waals surface area (Å²) in [5, 5.41) is 8.21. The molecule has 0 spiro atoms. The molecule has 1 unspecified atom stereocenters. The van der Waals surface area contributed by atoms with Crippen LogP contribution in [0.4, 0.5) is 0 Å². The number of aromatic nitrogens is 2. The quantitative estimate of drug-likeness (QED) is 0.776. The highest BCUT2D eigenvalue weighted by Crippen LogP contribution is 2.24. The Labute approximate surface area is 118 Å². The van der Waals surface area contributed by atoms with Crippen LogP contribution in [0.5, 0.6) is 0 Å². The van der Waals surface area contributed by atoms with Crippen LogP contribution in [-0.4, -0.2) is 16.8 Å². The molecule has 0 fully saturated rings. The van der Waals surface area contributed by atoms with Crippen molar-refractivity contribution in [3.8, 4) is 0 Å². The molecule has 1 aromatic heterocycles. The number of hydrogen-bond acceptors (Lipinski definition) is 2. The minimum atomic E-state index is 0.392. The Bertz CT molecular complexity index is 380. The zero-order valence-corrected chi connectivity index (χ0v) is 13.6. The summed E-state index contributed by atoms with van der Waals surface area (Å²) < 4.78 is 2.25. The third-order valence-electron chi connectivity index (χ3n) is 3.86. The van der Waals surface area contributed by atoms with Crippen molar-refractivity contribution in [3.05, 3.63) is 17.0 Å². The third-order valence-corrected chi connectivity index (χ3v) is 3.86. The van der Waals surface area contributed by atoms with Crippen LogP contribution in [0.15, 0.2) is 0 Å². The van der Waals surface area contributed by atoms with Crippen molar-refractivity contribution in [1.82, 2.24) is 15.1 Å². The smallest absolute Gasteiger partial charge is 0.0672 e. The maximum Gasteiger partial charge on any atom is 0.0672 e. The summed E-state index contributed by atoms with van der Waals surface area (Å²) in [7, 11) is 2.03. The van der Waals surface area contributed by atoms with Crippen LogP contribution in [0.3, 0.4) is 0 Å². The average Bonchev–Trinajstić information content (AvgIpc) is 2.75. The van der Waals surface area contributed by atoms with Crippen LogP contribution in [0.1, 0.15) is 70.5 Å². The second-order valence-electron chi connectivity index (χ2n) is 5.78. The van der Waals surface area contributed by atoms with Crippen LogP contribution >= 0.6 is 0 Å². The van der Waals surface area contributed by atoms with E-state index in [1.165, 1.54) is 29.8 Å². The fraction of sp³-hybridized carbons (Fsp3) is 0.812. The molecule has 0 aliphatic heterocycles. The van der Waals surface area contributed by atoms with Gasteiger partial charge < -0.3 is 5.32 Å². The highest BCUT2D eigenvalue weighted by atomic mass is 15.3. The van der Waals surface area contributed by atoms with Crippen molar-refractivity contribution >= 4 is 0 Å². The molecule has 1 atom stereocenters. The lowest BCUT2D eigenvalue weighted by Crippen LogP contribution is -2.15. The van der Waals surface area contributed by atoms with Gasteiger partial charge in [-0.2, -0.15) is 5.10 Å². The first-order valence-corrected chi connectivity index (χ1v) is 7.80. The topological polar surface area (TPSA) is 29.9 Å². The molecule has 0 amide bonds. The van der Waals surface area contributed by atoms with Crippen LogP contribution in [0.2, 0.25) is 0 Å². The number of nitrogens with one attached hydrogen (secondary N) is 1. The molecule has 1 heterocycles. The van der Waals surface area contributed by atoms with Gasteiger partial charge in [-0.05, 0) is 45.6 Å². The number of hydrogen-bond donors (Lipinski definition) is 1. The number of nitrogens with zero attached hydrogens (tertiary/aromatic N) is 2. The molecule has 1 N–H and O–H groups in total. The Balaban J connectivity index is 2.95. The Morgan fingerprint density at radius 1 is 1.16 bits per heavy atom. The number of aryl methyl sites for hydroxylation is 2. The third kappa shape index (κ3) is 4.07. The van der Waals surface area contributed by atoms with Gasteiger partial charge in [0.15, 0.2) is 0 Å². The molecule has 110 valence electrons. The molecular formula is C16H31N3. The Morgan fingerprint density at radius 2 is 1.84 bits per heavy atom. The molecule has 0 aliphatic carbocycles. The van der Waals surface area contributed by atoms with E-state index in [1.807, 2.05) is 7.05 Å². The molecule has 0 saturated carbocycles. The van der Waals surface area contributed by atoms with E-state index in [4.69, 9.17) is 5.10 Å². The Hall–Kier alpha value is -0.830. The van der Waals surface area contributed by atoms with Crippen molar-refractivity contribution in [2.45, 2.75) is 72.9 Å². The van der Waals surface area contributed by atoms with E-state index in [-0.39, 0.29) is 0 Å². The van der Waals surface area contributed by atoms with Crippen molar-refractivity contribution in [1.29, 1.82) is 0 Å². The molecule has 0 radical (unpaired) electrons. The molecule has 1 aromatic rings. The van der Waals surface area contributed by atoms with Gasteiger partial charge in [0.05, 0.1) is 5.69 Å². The van der Waals surface area contributed by atoms with Gasteiger partial charge in [0, 0.05) is 23.8 Å². The summed E-state index contributed by atoms with van der Waals surface area (Å²) in [6.45, 7) is 12.3. The summed E-state index contributed by atoms with van der Waals surface area (Å²) >= 11 is 0. The predicted molar refractivity (Wildman–Crippen MR) is 82.5 cm³/mol. The van der Waals surface area contributed by atoms with E-state index >= 15 is 0 Å². The van der Waals surface area contributed by atoms with Crippen molar-refractivity contribution < 1.29 is 0 Å². The van der Waals surface area contributed by atoms with Crippen LogP contribution in [0, 0.1) is 5.92 Å². The van der Waals surface area contributed by atoms with Crippen LogP contribution < -0.4 is 5.32 Å². The molecule has 0 aromatic carbocycles. The van der Waals surface area contributed by atoms with Crippen LogP contribution in [-0.2, 0) is 19.4 Å². The van der Waals surface area contributed by atoms with Gasteiger partial charge in [-0.15, -0.1) is 0 Å². The normalized spacial score (nSPS) is 13.2. The SMILES string of the molecule is CCc1nn(CCCC(C)C)c(CC)c1C(C)NC. The van der Waals surface area contributed by atoms with Gasteiger partial charge in [0.25, 0.3) is 0 Å². The molecule has 0 saturated heterocycles. The van der Waals surface area contributed by atoms with E-state index in [0.717, 1.165) is 25.3 Å². The fourth-order valence-corrected chi connectivity index (χ4v) is 2.68. The Morgan fingerprint density at radius 3 is 2.32 bits per heavy atom. The van der Waals surface area contributed by atoms with Gasteiger partial charge in [-0.1, -0.05) is 27.7 Å². The zero-order valence-electron chi connectivity index (χ0n) is 13.6. The highest BCUT2D eigenvalue weighted by molar-refractivity contribution is 5.30. The molecule has 3 nitrogen and oxygen atoms in total. The van der Waals surface area contributed by atoms with E-state index < -0.39 is 0 Å². The molecule has 3 heteroatoms. The lowest BCUT2D eigenvalue weighted by Gasteiger charge is -2.14. The summed E-state index contributed by atoms with van der Waals surface area (Å²) in [5.41, 5.74) is 4.11. The predicted octanol–water partition coefficient (Wildman–Crippen LogP) is 3.72. The molecule has 1 rings (SSSR count). The standard InChI is InChI=1S/C16H31N3/c1-7-14-16(13(5)17-6)15(8-2)19(18-14)11-9-10-12(3)4/h12-13,17H,7-11H2,1-6H3. The first-order valence-electron chi connectivity index (χ1n) is 7.80. The first-order chi connectivity index (χ1) is 9.04. The zero-order chi connectivity index (χ0) is 14.4. The summed E-state index contributed by atoms with van der Waals surface area (Å²) in [6.07, 6.45) is 4.59. The average molecular weight is 265 g/mol. The largest absolute Gasteiger partial charge is 0.313 e. The summed E-state index contributed by atoms with van der Waals surface area (Å²) in [6, 6.07) is 0.392. The summed E-state index contributed by atoms with van der Waals surface area (Å²) in [5.74, 6) is 0.780. The molecule has 0 aliphatic rings. The van der Waals surface area contributed by atoms with Crippen molar-refractivity contribution in [2.24, 2.45) is 5.92 Å². The second kappa shape index (κ2) is 7.68. The van der Waals surface area contributed by atoms with E-state index in [2.05, 4.69) is 44.6 Å². The van der Waals surface area contributed by atoms with Gasteiger partial charge in [0.2, 0.25) is 0 Å². The van der Waals surface area contributed by atoms with Crippen molar-refractivity contribution in [3.63, 3.8) is 0 Å². The van der Waals surface area contributed by atoms with Gasteiger partial charge in [-0.3, -0.25) is 4.68 Å². The first kappa shape index (κ1) is 16.2. The van der Waals surface area contributed by atoms with E-state index in [0.29, 0.717) is 6.04 Å². The van der Waals surface area contributed by atoms with E-state index in [1.54, 1.807) is 0 Å². The minimum Gasteiger partial charge on any atom is -0.313 e. The van der Waals surface area contributed by atoms with Gasteiger partial charge in [0.1, 0.15) is 0 Å². The van der Waals surface area contributed by atoms with Gasteiger partial charge in [-0.25, -0.2) is 0 Å². The minimum absolute atomic E-state index is 0.392. The number of rotatable bonds is 8. The highest BCUT2D eigenvalue weighted by Gasteiger charge is 2.19. The molecule has 0 bridgehead atoms. The van der Waals surface area contributed by atoms with Crippen molar-refractivity contribution in [2.75, 3.05) is 7.05 Å². The monoisotopic (exact) mass is 265 g/mol. The van der Waals surface area contributed by atoms with Gasteiger partial charge >= 0.3 is 0 Å². The maximum absolute atomic E-state index is 4.84. The lowest BCUT2D eigenvalue weighted by molar-refractivity contribution is 0.478. The molecular weight excluding hydrogens is 234 g/mol. The Kier molecular flexibility index (Phi) is 6.56.